The fourth-order valence-corrected chi connectivity index (χ4v) is 4.22. The average Bonchev–Trinajstić information content (AvgIpc) is 2.94. The zero-order chi connectivity index (χ0) is 20.4. The van der Waals surface area contributed by atoms with E-state index >= 15 is 0 Å². The number of amides is 1. The van der Waals surface area contributed by atoms with Gasteiger partial charge in [-0.15, -0.1) is 0 Å². The van der Waals surface area contributed by atoms with Gasteiger partial charge in [-0.1, -0.05) is 0 Å². The largest absolute Gasteiger partial charge is 0.465 e. The van der Waals surface area contributed by atoms with Crippen LogP contribution in [0.2, 0.25) is 0 Å². The van der Waals surface area contributed by atoms with E-state index in [4.69, 9.17) is 5.11 Å². The third-order valence-electron chi connectivity index (χ3n) is 5.92. The summed E-state index contributed by atoms with van der Waals surface area (Å²) in [6.07, 6.45) is -1.23. The van der Waals surface area contributed by atoms with Gasteiger partial charge in [-0.25, -0.2) is 4.79 Å². The summed E-state index contributed by atoms with van der Waals surface area (Å²) in [5.41, 5.74) is -1.28. The van der Waals surface area contributed by atoms with Gasteiger partial charge in [0.1, 0.15) is 0 Å². The number of carboxylic acid groups (broad SMARTS) is 1. The molecule has 0 spiro atoms. The smallest absolute Gasteiger partial charge is 0.417 e. The summed E-state index contributed by atoms with van der Waals surface area (Å²) in [6, 6.07) is 4.87. The number of pyridine rings is 1. The maximum Gasteiger partial charge on any atom is 0.417 e. The van der Waals surface area contributed by atoms with Gasteiger partial charge in [-0.05, 0) is 44.2 Å². The summed E-state index contributed by atoms with van der Waals surface area (Å²) in [6.45, 7) is 2.47. The summed E-state index contributed by atoms with van der Waals surface area (Å²) in [7, 11) is 0. The molecule has 0 aromatic carbocycles. The van der Waals surface area contributed by atoms with Crippen LogP contribution in [0.25, 0.3) is 0 Å². The fraction of sp³-hybridized carbons (Fsp3) is 0.632. The lowest BCUT2D eigenvalue weighted by Gasteiger charge is -2.39. The number of halogens is 3. The predicted octanol–water partition coefficient (Wildman–Crippen LogP) is 3.49. The van der Waals surface area contributed by atoms with E-state index in [-0.39, 0.29) is 6.04 Å². The molecule has 1 saturated carbocycles. The molecule has 0 unspecified atom stereocenters. The molecule has 0 atom stereocenters. The maximum absolute atomic E-state index is 12.8. The molecule has 1 saturated heterocycles. The van der Waals surface area contributed by atoms with Gasteiger partial charge in [-0.2, -0.15) is 18.4 Å². The first kappa shape index (κ1) is 20.4. The molecule has 1 N–H and O–H groups in total. The van der Waals surface area contributed by atoms with E-state index < -0.39 is 23.2 Å². The number of rotatable bonds is 2. The van der Waals surface area contributed by atoms with Gasteiger partial charge in [0.05, 0.1) is 22.7 Å². The van der Waals surface area contributed by atoms with E-state index in [1.165, 1.54) is 11.0 Å². The van der Waals surface area contributed by atoms with Crippen molar-refractivity contribution in [2.75, 3.05) is 26.2 Å². The molecule has 28 heavy (non-hydrogen) atoms. The number of hydrogen-bond donors (Lipinski definition) is 1. The van der Waals surface area contributed by atoms with Crippen molar-refractivity contribution in [1.82, 2.24) is 14.8 Å². The third kappa shape index (κ3) is 4.22. The van der Waals surface area contributed by atoms with Crippen LogP contribution in [0, 0.1) is 11.3 Å². The summed E-state index contributed by atoms with van der Waals surface area (Å²) in [5.74, 6) is 0. The highest BCUT2D eigenvalue weighted by Crippen LogP contribution is 2.40. The Labute approximate surface area is 161 Å². The average molecular weight is 396 g/mol. The van der Waals surface area contributed by atoms with Crippen molar-refractivity contribution in [1.29, 1.82) is 5.26 Å². The van der Waals surface area contributed by atoms with Crippen LogP contribution >= 0.6 is 0 Å². The number of nitriles is 1. The summed E-state index contributed by atoms with van der Waals surface area (Å²) in [5, 5.41) is 18.9. The normalized spacial score (nSPS) is 27.1. The molecule has 1 aliphatic carbocycles. The molecule has 9 heteroatoms. The number of hydrogen-bond acceptors (Lipinski definition) is 4. The van der Waals surface area contributed by atoms with Gasteiger partial charge >= 0.3 is 12.3 Å². The molecule has 152 valence electrons. The molecule has 1 aromatic rings. The highest BCUT2D eigenvalue weighted by atomic mass is 19.4. The van der Waals surface area contributed by atoms with E-state index in [1.807, 2.05) is 0 Å². The summed E-state index contributed by atoms with van der Waals surface area (Å²) < 4.78 is 38.3. The molecule has 0 radical (unpaired) electrons. The zero-order valence-corrected chi connectivity index (χ0v) is 15.5. The first-order valence-electron chi connectivity index (χ1n) is 9.42. The van der Waals surface area contributed by atoms with Gasteiger partial charge in [0.25, 0.3) is 0 Å². The van der Waals surface area contributed by atoms with Crippen LogP contribution in [-0.2, 0) is 11.6 Å². The lowest BCUT2D eigenvalue weighted by atomic mass is 9.71. The van der Waals surface area contributed by atoms with Crippen molar-refractivity contribution in [3.8, 4) is 6.07 Å². The summed E-state index contributed by atoms with van der Waals surface area (Å²) >= 11 is 0. The Bertz CT molecular complexity index is 737. The third-order valence-corrected chi connectivity index (χ3v) is 5.92. The van der Waals surface area contributed by atoms with Crippen molar-refractivity contribution >= 4 is 6.09 Å². The molecule has 1 aliphatic heterocycles. The Morgan fingerprint density at radius 1 is 1.21 bits per heavy atom. The van der Waals surface area contributed by atoms with Crippen LogP contribution in [0.5, 0.6) is 0 Å². The minimum atomic E-state index is -4.44. The zero-order valence-electron chi connectivity index (χ0n) is 15.5. The lowest BCUT2D eigenvalue weighted by molar-refractivity contribution is -0.137. The standard InChI is InChI=1S/C19H23F3N4O2/c20-19(21,22)14-2-3-16(24-12-14)18(13-23)6-4-15(5-7-18)25-8-1-9-26(11-10-25)17(27)28/h2-3,12,15H,1,4-11H2,(H,27,28). The van der Waals surface area contributed by atoms with E-state index in [0.717, 1.165) is 38.1 Å². The van der Waals surface area contributed by atoms with E-state index in [0.29, 0.717) is 38.2 Å². The minimum absolute atomic E-state index is 0.254. The van der Waals surface area contributed by atoms with Crippen molar-refractivity contribution in [2.24, 2.45) is 0 Å². The Hall–Kier alpha value is -2.34. The molecule has 0 bridgehead atoms. The predicted molar refractivity (Wildman–Crippen MR) is 94.6 cm³/mol. The highest BCUT2D eigenvalue weighted by molar-refractivity contribution is 5.64. The van der Waals surface area contributed by atoms with Crippen LogP contribution < -0.4 is 0 Å². The Kier molecular flexibility index (Phi) is 5.79. The number of carbonyl (C=O) groups is 1. The van der Waals surface area contributed by atoms with E-state index in [1.54, 1.807) is 0 Å². The van der Waals surface area contributed by atoms with Crippen LogP contribution in [0.15, 0.2) is 18.3 Å². The second kappa shape index (κ2) is 7.95. The van der Waals surface area contributed by atoms with Crippen molar-refractivity contribution in [3.05, 3.63) is 29.6 Å². The van der Waals surface area contributed by atoms with Gasteiger partial charge in [-0.3, -0.25) is 9.88 Å². The van der Waals surface area contributed by atoms with Crippen molar-refractivity contribution < 1.29 is 23.1 Å². The second-order valence-corrected chi connectivity index (χ2v) is 7.51. The Morgan fingerprint density at radius 3 is 2.46 bits per heavy atom. The van der Waals surface area contributed by atoms with E-state index in [9.17, 15) is 23.2 Å². The minimum Gasteiger partial charge on any atom is -0.465 e. The molecule has 3 rings (SSSR count). The molecule has 2 fully saturated rings. The van der Waals surface area contributed by atoms with Crippen LogP contribution in [-0.4, -0.2) is 58.2 Å². The van der Waals surface area contributed by atoms with Crippen LogP contribution in [0.3, 0.4) is 0 Å². The lowest BCUT2D eigenvalue weighted by Crippen LogP contribution is -2.44. The quantitative estimate of drug-likeness (QED) is 0.828. The molecule has 1 amide bonds. The first-order valence-corrected chi connectivity index (χ1v) is 9.42. The number of aromatic nitrogens is 1. The Morgan fingerprint density at radius 2 is 1.93 bits per heavy atom. The fourth-order valence-electron chi connectivity index (χ4n) is 4.22. The molecular weight excluding hydrogens is 373 g/mol. The van der Waals surface area contributed by atoms with Gasteiger partial charge in [0, 0.05) is 38.4 Å². The maximum atomic E-state index is 12.8. The number of nitrogens with zero attached hydrogens (tertiary/aromatic N) is 4. The monoisotopic (exact) mass is 396 g/mol. The van der Waals surface area contributed by atoms with Crippen LogP contribution in [0.4, 0.5) is 18.0 Å². The summed E-state index contributed by atoms with van der Waals surface area (Å²) in [4.78, 5) is 18.8. The van der Waals surface area contributed by atoms with Crippen molar-refractivity contribution in [2.45, 2.75) is 49.7 Å². The van der Waals surface area contributed by atoms with Gasteiger partial charge in [0.15, 0.2) is 0 Å². The second-order valence-electron chi connectivity index (χ2n) is 7.51. The molecule has 2 aliphatic rings. The van der Waals surface area contributed by atoms with Crippen LogP contribution in [0.1, 0.15) is 43.4 Å². The SMILES string of the molecule is N#CC1(c2ccc(C(F)(F)F)cn2)CCC(N2CCCN(C(=O)O)CC2)CC1. The first-order chi connectivity index (χ1) is 13.2. The van der Waals surface area contributed by atoms with Gasteiger partial charge < -0.3 is 10.0 Å². The number of alkyl halides is 3. The van der Waals surface area contributed by atoms with Gasteiger partial charge in [0.2, 0.25) is 0 Å². The van der Waals surface area contributed by atoms with E-state index in [2.05, 4.69) is 16.0 Å². The van der Waals surface area contributed by atoms with Crippen molar-refractivity contribution in [3.63, 3.8) is 0 Å². The molecule has 2 heterocycles. The molecule has 6 nitrogen and oxygen atoms in total. The highest BCUT2D eigenvalue weighted by Gasteiger charge is 2.41. The topological polar surface area (TPSA) is 80.5 Å². The molecule has 1 aromatic heterocycles. The molecular formula is C19H23F3N4O2. The Balaban J connectivity index is 1.65.